The Kier molecular flexibility index (Phi) is 5.47. The number of amides is 1. The van der Waals surface area contributed by atoms with Crippen LogP contribution in [0.1, 0.15) is 62.1 Å². The number of pyridine rings is 1. The molecule has 2 fully saturated rings. The highest BCUT2D eigenvalue weighted by Gasteiger charge is 2.43. The predicted octanol–water partition coefficient (Wildman–Crippen LogP) is 4.04. The van der Waals surface area contributed by atoms with Gasteiger partial charge in [0.05, 0.1) is 5.69 Å². The molecule has 2 aromatic rings. The maximum absolute atomic E-state index is 12.7. The molecular formula is C25H31N3O2. The molecule has 0 bridgehead atoms. The highest BCUT2D eigenvalue weighted by molar-refractivity contribution is 5.77. The van der Waals surface area contributed by atoms with Crippen molar-refractivity contribution in [1.29, 1.82) is 0 Å². The summed E-state index contributed by atoms with van der Waals surface area (Å²) in [5, 5.41) is 3.23. The van der Waals surface area contributed by atoms with Gasteiger partial charge in [0, 0.05) is 44.2 Å². The van der Waals surface area contributed by atoms with Gasteiger partial charge in [-0.15, -0.1) is 0 Å². The summed E-state index contributed by atoms with van der Waals surface area (Å²) in [6.07, 6.45) is 8.85. The molecule has 158 valence electrons. The number of rotatable bonds is 5. The van der Waals surface area contributed by atoms with Gasteiger partial charge in [-0.3, -0.25) is 14.7 Å². The van der Waals surface area contributed by atoms with Gasteiger partial charge in [-0.05, 0) is 62.3 Å². The summed E-state index contributed by atoms with van der Waals surface area (Å²) in [5.41, 5.74) is 2.16. The van der Waals surface area contributed by atoms with Crippen molar-refractivity contribution in [3.05, 3.63) is 59.9 Å². The summed E-state index contributed by atoms with van der Waals surface area (Å²) in [5.74, 6) is 1.41. The first-order valence-electron chi connectivity index (χ1n) is 11.4. The molecule has 1 amide bonds. The molecule has 1 spiro atoms. The number of ether oxygens (including phenoxy) is 1. The fourth-order valence-corrected chi connectivity index (χ4v) is 5.14. The van der Waals surface area contributed by atoms with E-state index in [1.165, 1.54) is 12.0 Å². The lowest BCUT2D eigenvalue weighted by Crippen LogP contribution is -2.50. The average Bonchev–Trinajstić information content (AvgIpc) is 2.73. The second kappa shape index (κ2) is 8.38. The fourth-order valence-electron chi connectivity index (χ4n) is 5.14. The van der Waals surface area contributed by atoms with E-state index in [9.17, 15) is 4.79 Å². The van der Waals surface area contributed by atoms with Crippen LogP contribution >= 0.6 is 0 Å². The Balaban J connectivity index is 1.26. The second-order valence-corrected chi connectivity index (χ2v) is 9.22. The van der Waals surface area contributed by atoms with Gasteiger partial charge in [0.2, 0.25) is 5.91 Å². The largest absolute Gasteiger partial charge is 0.487 e. The van der Waals surface area contributed by atoms with Crippen molar-refractivity contribution < 1.29 is 9.53 Å². The van der Waals surface area contributed by atoms with Gasteiger partial charge in [0.15, 0.2) is 0 Å². The summed E-state index contributed by atoms with van der Waals surface area (Å²) >= 11 is 0. The van der Waals surface area contributed by atoms with Gasteiger partial charge in [-0.1, -0.05) is 24.3 Å². The standard InChI is InChI=1S/C25H31N3O2/c29-24(27-20-7-5-8-20)16-19-17-25(30-23-10-2-1-9-22(19)23)11-14-28(15-12-25)18-21-6-3-4-13-26-21/h1-4,6,9-10,13,19-20H,5,7-8,11-12,14-18H2,(H,27,29)/t19-/m1/s1. The van der Waals surface area contributed by atoms with Gasteiger partial charge >= 0.3 is 0 Å². The SMILES string of the molecule is O=C(C[C@@H]1CC2(CCN(Cc3ccccn3)CC2)Oc2ccccc21)NC1CCC1. The Morgan fingerprint density at radius 2 is 1.93 bits per heavy atom. The molecule has 1 atom stereocenters. The first-order chi connectivity index (χ1) is 14.7. The minimum absolute atomic E-state index is 0.156. The maximum atomic E-state index is 12.7. The van der Waals surface area contributed by atoms with Crippen LogP contribution in [0.4, 0.5) is 0 Å². The molecule has 1 aromatic heterocycles. The number of benzene rings is 1. The van der Waals surface area contributed by atoms with E-state index < -0.39 is 0 Å². The number of hydrogen-bond donors (Lipinski definition) is 1. The predicted molar refractivity (Wildman–Crippen MR) is 116 cm³/mol. The van der Waals surface area contributed by atoms with Crippen molar-refractivity contribution in [2.75, 3.05) is 13.1 Å². The maximum Gasteiger partial charge on any atom is 0.220 e. The van der Waals surface area contributed by atoms with Crippen LogP contribution in [0.2, 0.25) is 0 Å². The third kappa shape index (κ3) is 4.22. The molecule has 1 aromatic carbocycles. The minimum Gasteiger partial charge on any atom is -0.487 e. The first kappa shape index (κ1) is 19.6. The Morgan fingerprint density at radius 1 is 1.13 bits per heavy atom. The van der Waals surface area contributed by atoms with Crippen molar-refractivity contribution in [3.8, 4) is 5.75 Å². The normalized spacial score (nSPS) is 23.3. The Morgan fingerprint density at radius 3 is 2.67 bits per heavy atom. The molecule has 2 aliphatic heterocycles. The van der Waals surface area contributed by atoms with Crippen LogP contribution in [0.15, 0.2) is 48.7 Å². The number of likely N-dealkylation sites (tertiary alicyclic amines) is 1. The number of para-hydroxylation sites is 1. The summed E-state index contributed by atoms with van der Waals surface area (Å²) in [6, 6.07) is 14.8. The lowest BCUT2D eigenvalue weighted by atomic mass is 9.76. The number of nitrogens with one attached hydrogen (secondary N) is 1. The minimum atomic E-state index is -0.156. The molecule has 5 rings (SSSR count). The molecule has 5 heteroatoms. The highest BCUT2D eigenvalue weighted by Crippen LogP contribution is 2.46. The van der Waals surface area contributed by atoms with Crippen LogP contribution in [0.25, 0.3) is 0 Å². The zero-order valence-corrected chi connectivity index (χ0v) is 17.6. The summed E-state index contributed by atoms with van der Waals surface area (Å²) in [7, 11) is 0. The molecule has 1 saturated carbocycles. The Labute approximate surface area is 178 Å². The van der Waals surface area contributed by atoms with E-state index >= 15 is 0 Å². The summed E-state index contributed by atoms with van der Waals surface area (Å²) in [6.45, 7) is 2.89. The quantitative estimate of drug-likeness (QED) is 0.816. The number of piperidine rings is 1. The van der Waals surface area contributed by atoms with Crippen LogP contribution in [0.5, 0.6) is 5.75 Å². The van der Waals surface area contributed by atoms with E-state index in [1.807, 2.05) is 24.4 Å². The van der Waals surface area contributed by atoms with Gasteiger partial charge in [-0.2, -0.15) is 0 Å². The van der Waals surface area contributed by atoms with Crippen molar-refractivity contribution >= 4 is 5.91 Å². The summed E-state index contributed by atoms with van der Waals surface area (Å²) < 4.78 is 6.61. The first-order valence-corrected chi connectivity index (χ1v) is 11.4. The van der Waals surface area contributed by atoms with Crippen molar-refractivity contribution in [2.24, 2.45) is 0 Å². The number of nitrogens with zero attached hydrogens (tertiary/aromatic N) is 2. The average molecular weight is 406 g/mol. The van der Waals surface area contributed by atoms with E-state index in [2.05, 4.69) is 39.5 Å². The zero-order chi connectivity index (χ0) is 20.4. The van der Waals surface area contributed by atoms with Gasteiger partial charge in [-0.25, -0.2) is 0 Å². The van der Waals surface area contributed by atoms with Crippen LogP contribution in [-0.2, 0) is 11.3 Å². The number of aromatic nitrogens is 1. The second-order valence-electron chi connectivity index (χ2n) is 9.22. The van der Waals surface area contributed by atoms with Gasteiger partial charge in [0.1, 0.15) is 11.4 Å². The number of hydrogen-bond acceptors (Lipinski definition) is 4. The highest BCUT2D eigenvalue weighted by atomic mass is 16.5. The monoisotopic (exact) mass is 405 g/mol. The van der Waals surface area contributed by atoms with Crippen LogP contribution in [-0.4, -0.2) is 40.5 Å². The topological polar surface area (TPSA) is 54.5 Å². The molecule has 1 aliphatic carbocycles. The molecule has 3 heterocycles. The third-order valence-corrected chi connectivity index (χ3v) is 7.08. The van der Waals surface area contributed by atoms with E-state index in [0.29, 0.717) is 12.5 Å². The molecule has 1 saturated heterocycles. The van der Waals surface area contributed by atoms with E-state index in [4.69, 9.17) is 4.74 Å². The molecular weight excluding hydrogens is 374 g/mol. The number of carbonyl (C=O) groups is 1. The summed E-state index contributed by atoms with van der Waals surface area (Å²) in [4.78, 5) is 19.6. The van der Waals surface area contributed by atoms with Crippen molar-refractivity contribution in [2.45, 2.75) is 69.1 Å². The molecule has 30 heavy (non-hydrogen) atoms. The van der Waals surface area contributed by atoms with Crippen LogP contribution < -0.4 is 10.1 Å². The molecule has 0 unspecified atom stereocenters. The van der Waals surface area contributed by atoms with Gasteiger partial charge in [0.25, 0.3) is 0 Å². The van der Waals surface area contributed by atoms with Crippen molar-refractivity contribution in [3.63, 3.8) is 0 Å². The third-order valence-electron chi connectivity index (χ3n) is 7.08. The Bertz CT molecular complexity index is 873. The number of fused-ring (bicyclic) bond motifs is 1. The van der Waals surface area contributed by atoms with Crippen molar-refractivity contribution in [1.82, 2.24) is 15.2 Å². The zero-order valence-electron chi connectivity index (χ0n) is 17.6. The number of carbonyl (C=O) groups excluding carboxylic acids is 1. The molecule has 5 nitrogen and oxygen atoms in total. The fraction of sp³-hybridized carbons (Fsp3) is 0.520. The smallest absolute Gasteiger partial charge is 0.220 e. The van der Waals surface area contributed by atoms with E-state index in [-0.39, 0.29) is 17.4 Å². The Hall–Kier alpha value is -2.40. The molecule has 0 radical (unpaired) electrons. The molecule has 3 aliphatic rings. The van der Waals surface area contributed by atoms with E-state index in [1.54, 1.807) is 0 Å². The van der Waals surface area contributed by atoms with Crippen LogP contribution in [0.3, 0.4) is 0 Å². The lowest BCUT2D eigenvalue weighted by Gasteiger charge is -2.47. The van der Waals surface area contributed by atoms with Crippen LogP contribution in [0, 0.1) is 0 Å². The lowest BCUT2D eigenvalue weighted by molar-refractivity contribution is -0.123. The van der Waals surface area contributed by atoms with E-state index in [0.717, 1.165) is 63.2 Å². The molecule has 1 N–H and O–H groups in total. The van der Waals surface area contributed by atoms with Gasteiger partial charge < -0.3 is 10.1 Å².